The maximum Gasteiger partial charge on any atom is 0.254 e. The fourth-order valence-corrected chi connectivity index (χ4v) is 3.05. The van der Waals surface area contributed by atoms with Crippen molar-refractivity contribution in [3.63, 3.8) is 0 Å². The molecule has 1 fully saturated rings. The maximum atomic E-state index is 11.7. The van der Waals surface area contributed by atoms with Gasteiger partial charge in [0.15, 0.2) is 6.10 Å². The van der Waals surface area contributed by atoms with Crippen molar-refractivity contribution in [3.05, 3.63) is 0 Å². The summed E-state index contributed by atoms with van der Waals surface area (Å²) in [5, 5.41) is 10.0. The van der Waals surface area contributed by atoms with Gasteiger partial charge in [0.1, 0.15) is 6.10 Å². The first-order chi connectivity index (χ1) is 11.1. The summed E-state index contributed by atoms with van der Waals surface area (Å²) < 4.78 is 5.31. The van der Waals surface area contributed by atoms with Gasteiger partial charge in [-0.3, -0.25) is 4.79 Å². The lowest BCUT2D eigenvalue weighted by atomic mass is 10.0. The Balaban J connectivity index is 1.87. The van der Waals surface area contributed by atoms with Crippen molar-refractivity contribution in [2.24, 2.45) is 0 Å². The molecule has 1 aliphatic heterocycles. The molecule has 0 aromatic rings. The van der Waals surface area contributed by atoms with Crippen LogP contribution in [0.4, 0.5) is 0 Å². The molecule has 1 rings (SSSR count). The van der Waals surface area contributed by atoms with Crippen molar-refractivity contribution in [3.8, 4) is 0 Å². The molecule has 1 saturated heterocycles. The predicted octanol–water partition coefficient (Wildman–Crippen LogP) is 3.90. The summed E-state index contributed by atoms with van der Waals surface area (Å²) in [7, 11) is 3.44. The van der Waals surface area contributed by atoms with Gasteiger partial charge >= 0.3 is 0 Å². The van der Waals surface area contributed by atoms with Crippen LogP contribution >= 0.6 is 0 Å². The van der Waals surface area contributed by atoms with Gasteiger partial charge in [-0.1, -0.05) is 77.6 Å². The molecule has 4 heteroatoms. The lowest BCUT2D eigenvalue weighted by molar-refractivity contribution is -0.130. The molecule has 1 amide bonds. The molecule has 4 nitrogen and oxygen atoms in total. The summed E-state index contributed by atoms with van der Waals surface area (Å²) in [6.45, 7) is 2.26. The molecule has 3 atom stereocenters. The fourth-order valence-electron chi connectivity index (χ4n) is 3.05. The molecule has 0 unspecified atom stereocenters. The highest BCUT2D eigenvalue weighted by molar-refractivity contribution is 5.83. The van der Waals surface area contributed by atoms with E-state index in [4.69, 9.17) is 4.74 Å². The number of nitrogens with zero attached hydrogens (tertiary/aromatic N) is 1. The number of carbonyl (C=O) groups excluding carboxylic acids is 1. The van der Waals surface area contributed by atoms with E-state index in [0.29, 0.717) is 0 Å². The zero-order valence-corrected chi connectivity index (χ0v) is 15.4. The van der Waals surface area contributed by atoms with Gasteiger partial charge in [0.25, 0.3) is 5.91 Å². The summed E-state index contributed by atoms with van der Waals surface area (Å²) in [6.07, 6.45) is 14.0. The fraction of sp³-hybridized carbons (Fsp3) is 0.947. The second-order valence-corrected chi connectivity index (χ2v) is 7.15. The van der Waals surface area contributed by atoms with Crippen molar-refractivity contribution < 1.29 is 14.6 Å². The van der Waals surface area contributed by atoms with E-state index in [2.05, 4.69) is 6.92 Å². The van der Waals surface area contributed by atoms with Crippen molar-refractivity contribution >= 4 is 5.91 Å². The van der Waals surface area contributed by atoms with E-state index in [1.54, 1.807) is 14.1 Å². The summed E-state index contributed by atoms with van der Waals surface area (Å²) in [6, 6.07) is 0. The van der Waals surface area contributed by atoms with Crippen molar-refractivity contribution in [2.75, 3.05) is 14.1 Å². The van der Waals surface area contributed by atoms with E-state index < -0.39 is 12.2 Å². The molecule has 0 spiro atoms. The topological polar surface area (TPSA) is 53.1 Å². The number of rotatable bonds is 14. The normalized spacial score (nSPS) is 21.2. The maximum absolute atomic E-state index is 11.7. The highest BCUT2D eigenvalue weighted by Crippen LogP contribution is 2.29. The summed E-state index contributed by atoms with van der Waals surface area (Å²) in [5.41, 5.74) is 0. The van der Waals surface area contributed by atoms with Crippen LogP contribution in [0, 0.1) is 0 Å². The SMILES string of the molecule is CCCCCCCCCCCCC[C@@H](O)[C@H]1O[C@H]1C(=O)N(C)C. The van der Waals surface area contributed by atoms with E-state index >= 15 is 0 Å². The largest absolute Gasteiger partial charge is 0.390 e. The molecule has 1 heterocycles. The number of hydrogen-bond donors (Lipinski definition) is 1. The Morgan fingerprint density at radius 3 is 1.91 bits per heavy atom. The Kier molecular flexibility index (Phi) is 10.5. The molecule has 136 valence electrons. The first-order valence-corrected chi connectivity index (χ1v) is 9.62. The zero-order valence-electron chi connectivity index (χ0n) is 15.4. The van der Waals surface area contributed by atoms with Gasteiger partial charge in [-0.25, -0.2) is 0 Å². The Bertz CT molecular complexity index is 320. The first kappa shape index (κ1) is 20.4. The van der Waals surface area contributed by atoms with Crippen LogP contribution in [0.25, 0.3) is 0 Å². The van der Waals surface area contributed by atoms with Gasteiger partial charge in [-0.15, -0.1) is 0 Å². The second kappa shape index (κ2) is 11.9. The van der Waals surface area contributed by atoms with Crippen molar-refractivity contribution in [2.45, 2.75) is 102 Å². The smallest absolute Gasteiger partial charge is 0.254 e. The Hall–Kier alpha value is -0.610. The Labute approximate surface area is 142 Å². The molecule has 0 saturated carbocycles. The number of likely N-dealkylation sites (N-methyl/N-ethyl adjacent to an activating group) is 1. The van der Waals surface area contributed by atoms with E-state index in [0.717, 1.165) is 12.8 Å². The molecule has 1 aliphatic rings. The molecular formula is C19H37NO3. The minimum atomic E-state index is -0.484. The number of aliphatic hydroxyl groups is 1. The van der Waals surface area contributed by atoms with Crippen LogP contribution in [-0.4, -0.2) is 48.3 Å². The van der Waals surface area contributed by atoms with Gasteiger partial charge in [-0.2, -0.15) is 0 Å². The monoisotopic (exact) mass is 327 g/mol. The van der Waals surface area contributed by atoms with Crippen LogP contribution in [0.1, 0.15) is 84.0 Å². The van der Waals surface area contributed by atoms with Crippen LogP contribution in [0.2, 0.25) is 0 Å². The Morgan fingerprint density at radius 1 is 0.957 bits per heavy atom. The third kappa shape index (κ3) is 8.71. The third-order valence-electron chi connectivity index (χ3n) is 4.69. The van der Waals surface area contributed by atoms with Gasteiger partial charge in [0.2, 0.25) is 0 Å². The molecule has 0 aliphatic carbocycles. The number of aliphatic hydroxyl groups excluding tert-OH is 1. The van der Waals surface area contributed by atoms with Crippen molar-refractivity contribution in [1.82, 2.24) is 4.90 Å². The molecule has 1 N–H and O–H groups in total. The number of amides is 1. The average Bonchev–Trinajstić information content (AvgIpc) is 3.32. The average molecular weight is 328 g/mol. The number of hydrogen-bond acceptors (Lipinski definition) is 3. The lowest BCUT2D eigenvalue weighted by Gasteiger charge is -2.09. The summed E-state index contributed by atoms with van der Waals surface area (Å²) in [5.74, 6) is -0.0343. The van der Waals surface area contributed by atoms with Crippen LogP contribution < -0.4 is 0 Å². The van der Waals surface area contributed by atoms with Crippen molar-refractivity contribution in [1.29, 1.82) is 0 Å². The van der Waals surface area contributed by atoms with Gasteiger partial charge in [0.05, 0.1) is 6.10 Å². The second-order valence-electron chi connectivity index (χ2n) is 7.15. The molecule has 0 aromatic carbocycles. The van der Waals surface area contributed by atoms with Gasteiger partial charge < -0.3 is 14.7 Å². The van der Waals surface area contributed by atoms with Gasteiger partial charge in [-0.05, 0) is 6.42 Å². The molecular weight excluding hydrogens is 290 g/mol. The van der Waals surface area contributed by atoms with Crippen LogP contribution in [0.3, 0.4) is 0 Å². The number of carbonyl (C=O) groups is 1. The van der Waals surface area contributed by atoms with E-state index in [1.807, 2.05) is 0 Å². The van der Waals surface area contributed by atoms with Crippen LogP contribution in [-0.2, 0) is 9.53 Å². The van der Waals surface area contributed by atoms with Crippen LogP contribution in [0.15, 0.2) is 0 Å². The quantitative estimate of drug-likeness (QED) is 0.389. The standard InChI is InChI=1S/C19H37NO3/c1-4-5-6-7-8-9-10-11-12-13-14-15-16(21)17-18(23-17)19(22)20(2)3/h16-18,21H,4-15H2,1-3H3/t16-,17-,18-/m1/s1. The molecule has 0 radical (unpaired) electrons. The highest BCUT2D eigenvalue weighted by atomic mass is 16.6. The number of unbranched alkanes of at least 4 members (excludes halogenated alkanes) is 10. The summed E-state index contributed by atoms with van der Waals surface area (Å²) in [4.78, 5) is 13.2. The Morgan fingerprint density at radius 2 is 1.43 bits per heavy atom. The summed E-state index contributed by atoms with van der Waals surface area (Å²) >= 11 is 0. The minimum absolute atomic E-state index is 0.0343. The first-order valence-electron chi connectivity index (χ1n) is 9.62. The number of epoxide rings is 1. The van der Waals surface area contributed by atoms with E-state index in [-0.39, 0.29) is 12.0 Å². The zero-order chi connectivity index (χ0) is 17.1. The van der Waals surface area contributed by atoms with Gasteiger partial charge in [0, 0.05) is 14.1 Å². The molecule has 23 heavy (non-hydrogen) atoms. The lowest BCUT2D eigenvalue weighted by Crippen LogP contribution is -2.30. The van der Waals surface area contributed by atoms with Crippen LogP contribution in [0.5, 0.6) is 0 Å². The molecule has 0 aromatic heterocycles. The van der Waals surface area contributed by atoms with E-state index in [1.165, 1.54) is 69.1 Å². The minimum Gasteiger partial charge on any atom is -0.390 e. The molecule has 0 bridgehead atoms. The predicted molar refractivity (Wildman–Crippen MR) is 94.4 cm³/mol. The van der Waals surface area contributed by atoms with E-state index in [9.17, 15) is 9.90 Å². The number of ether oxygens (including phenoxy) is 1. The third-order valence-corrected chi connectivity index (χ3v) is 4.69. The highest BCUT2D eigenvalue weighted by Gasteiger charge is 2.49.